The van der Waals surface area contributed by atoms with Crippen molar-refractivity contribution in [1.82, 2.24) is 4.98 Å². The number of pyridine rings is 1. The summed E-state index contributed by atoms with van der Waals surface area (Å²) in [5.74, 6) is -2.50. The molecular formula is C19H15FN2O4. The number of amides is 1. The van der Waals surface area contributed by atoms with E-state index in [0.29, 0.717) is 11.8 Å². The molecule has 3 N–H and O–H groups in total. The highest BCUT2D eigenvalue weighted by Gasteiger charge is 2.18. The van der Waals surface area contributed by atoms with Gasteiger partial charge in [0.1, 0.15) is 16.9 Å². The van der Waals surface area contributed by atoms with Crippen LogP contribution >= 0.6 is 0 Å². The quantitative estimate of drug-likeness (QED) is 0.624. The fourth-order valence-electron chi connectivity index (χ4n) is 2.71. The monoisotopic (exact) mass is 354 g/mol. The number of nitrogens with zero attached hydrogens (tertiary/aromatic N) is 1. The molecule has 1 heterocycles. The van der Waals surface area contributed by atoms with Gasteiger partial charge < -0.3 is 15.5 Å². The van der Waals surface area contributed by atoms with E-state index in [1.165, 1.54) is 31.3 Å². The number of aromatic carboxylic acids is 1. The summed E-state index contributed by atoms with van der Waals surface area (Å²) in [6.07, 6.45) is 1.97. The minimum Gasteiger partial charge on any atom is -0.505 e. The minimum atomic E-state index is -1.33. The molecule has 0 bridgehead atoms. The maximum Gasteiger partial charge on any atom is 0.339 e. The highest BCUT2D eigenvalue weighted by molar-refractivity contribution is 6.07. The van der Waals surface area contributed by atoms with E-state index >= 15 is 0 Å². The number of aromatic hydroxyl groups is 1. The van der Waals surface area contributed by atoms with Crippen molar-refractivity contribution in [3.05, 3.63) is 65.1 Å². The number of carboxylic acids is 1. The number of aromatic nitrogens is 1. The molecule has 0 saturated carbocycles. The lowest BCUT2D eigenvalue weighted by Crippen LogP contribution is -2.09. The van der Waals surface area contributed by atoms with E-state index < -0.39 is 11.7 Å². The Labute approximate surface area is 147 Å². The van der Waals surface area contributed by atoms with Crippen LogP contribution in [0.2, 0.25) is 0 Å². The van der Waals surface area contributed by atoms with Crippen molar-refractivity contribution in [3.8, 4) is 5.75 Å². The lowest BCUT2D eigenvalue weighted by molar-refractivity contribution is -0.114. The van der Waals surface area contributed by atoms with Gasteiger partial charge in [-0.2, -0.15) is 0 Å². The van der Waals surface area contributed by atoms with E-state index in [4.69, 9.17) is 0 Å². The number of carbonyl (C=O) groups is 2. The van der Waals surface area contributed by atoms with Gasteiger partial charge in [0.05, 0.1) is 5.69 Å². The second kappa shape index (κ2) is 6.79. The normalized spacial score (nSPS) is 10.7. The predicted octanol–water partition coefficient (Wildman–Crippen LogP) is 3.33. The van der Waals surface area contributed by atoms with Gasteiger partial charge in [-0.3, -0.25) is 9.78 Å². The molecule has 0 unspecified atom stereocenters. The van der Waals surface area contributed by atoms with Gasteiger partial charge in [-0.05, 0) is 41.8 Å². The first-order valence-corrected chi connectivity index (χ1v) is 7.75. The predicted molar refractivity (Wildman–Crippen MR) is 93.9 cm³/mol. The van der Waals surface area contributed by atoms with Crippen LogP contribution < -0.4 is 5.32 Å². The van der Waals surface area contributed by atoms with Crippen molar-refractivity contribution in [2.75, 3.05) is 5.32 Å². The van der Waals surface area contributed by atoms with E-state index in [1.54, 1.807) is 18.2 Å². The number of hydrogen-bond acceptors (Lipinski definition) is 4. The summed E-state index contributed by atoms with van der Waals surface area (Å²) in [5.41, 5.74) is 1.60. The number of carbonyl (C=O) groups excluding carboxylic acids is 1. The molecule has 0 atom stereocenters. The maximum atomic E-state index is 13.0. The molecule has 2 aromatic carbocycles. The Bertz CT molecular complexity index is 1020. The smallest absolute Gasteiger partial charge is 0.339 e. The third-order valence-corrected chi connectivity index (χ3v) is 3.87. The van der Waals surface area contributed by atoms with E-state index in [-0.39, 0.29) is 28.5 Å². The number of anilines is 1. The van der Waals surface area contributed by atoms with Crippen LogP contribution in [0.5, 0.6) is 5.75 Å². The Morgan fingerprint density at radius 3 is 2.46 bits per heavy atom. The molecule has 0 radical (unpaired) electrons. The summed E-state index contributed by atoms with van der Waals surface area (Å²) < 4.78 is 13.0. The van der Waals surface area contributed by atoms with Crippen LogP contribution in [0, 0.1) is 5.82 Å². The Morgan fingerprint density at radius 1 is 1.15 bits per heavy atom. The van der Waals surface area contributed by atoms with Crippen molar-refractivity contribution in [3.63, 3.8) is 0 Å². The second-order valence-electron chi connectivity index (χ2n) is 5.85. The summed E-state index contributed by atoms with van der Waals surface area (Å²) in [7, 11) is 0. The second-order valence-corrected chi connectivity index (χ2v) is 5.85. The van der Waals surface area contributed by atoms with Crippen LogP contribution in [0.4, 0.5) is 10.1 Å². The van der Waals surface area contributed by atoms with Crippen molar-refractivity contribution in [1.29, 1.82) is 0 Å². The van der Waals surface area contributed by atoms with Crippen LogP contribution in [0.25, 0.3) is 10.9 Å². The van der Waals surface area contributed by atoms with Crippen molar-refractivity contribution in [2.45, 2.75) is 13.3 Å². The molecular weight excluding hydrogens is 339 g/mol. The van der Waals surface area contributed by atoms with E-state index in [2.05, 4.69) is 10.3 Å². The van der Waals surface area contributed by atoms with Gasteiger partial charge >= 0.3 is 5.97 Å². The molecule has 6 nitrogen and oxygen atoms in total. The Kier molecular flexibility index (Phi) is 4.53. The number of phenols is 1. The van der Waals surface area contributed by atoms with Crippen LogP contribution in [0.3, 0.4) is 0 Å². The largest absolute Gasteiger partial charge is 0.505 e. The summed E-state index contributed by atoms with van der Waals surface area (Å²) in [6.45, 7) is 1.30. The fourth-order valence-corrected chi connectivity index (χ4v) is 2.71. The van der Waals surface area contributed by atoms with Gasteiger partial charge in [-0.1, -0.05) is 12.1 Å². The SMILES string of the molecule is CC(=O)Nc1cc(C(=O)O)c(O)c2ncc(Cc3ccc(F)cc3)cc12. The van der Waals surface area contributed by atoms with E-state index in [9.17, 15) is 24.2 Å². The third kappa shape index (κ3) is 3.46. The van der Waals surface area contributed by atoms with Crippen LogP contribution in [-0.2, 0) is 11.2 Å². The number of benzene rings is 2. The van der Waals surface area contributed by atoms with Gasteiger partial charge in [0.2, 0.25) is 5.91 Å². The molecule has 0 aliphatic rings. The lowest BCUT2D eigenvalue weighted by atomic mass is 10.0. The number of rotatable bonds is 4. The fraction of sp³-hybridized carbons (Fsp3) is 0.105. The summed E-state index contributed by atoms with van der Waals surface area (Å²) in [5, 5.41) is 22.4. The molecule has 0 aliphatic carbocycles. The first-order valence-electron chi connectivity index (χ1n) is 7.75. The molecule has 132 valence electrons. The van der Waals surface area contributed by atoms with Gasteiger partial charge in [0.25, 0.3) is 0 Å². The number of nitrogens with one attached hydrogen (secondary N) is 1. The van der Waals surface area contributed by atoms with Gasteiger partial charge in [-0.15, -0.1) is 0 Å². The number of halogens is 1. The average Bonchev–Trinajstić information content (AvgIpc) is 2.59. The molecule has 26 heavy (non-hydrogen) atoms. The molecule has 1 amide bonds. The minimum absolute atomic E-state index is 0.0801. The molecule has 0 spiro atoms. The highest BCUT2D eigenvalue weighted by atomic mass is 19.1. The van der Waals surface area contributed by atoms with E-state index in [1.807, 2.05) is 0 Å². The highest BCUT2D eigenvalue weighted by Crippen LogP contribution is 2.34. The topological polar surface area (TPSA) is 99.5 Å². The third-order valence-electron chi connectivity index (χ3n) is 3.87. The van der Waals surface area contributed by atoms with Crippen LogP contribution in [0.15, 0.2) is 42.6 Å². The molecule has 0 saturated heterocycles. The van der Waals surface area contributed by atoms with Crippen molar-refractivity contribution >= 4 is 28.5 Å². The Morgan fingerprint density at radius 2 is 1.85 bits per heavy atom. The summed E-state index contributed by atoms with van der Waals surface area (Å²) in [4.78, 5) is 26.9. The number of carboxylic acid groups (broad SMARTS) is 1. The lowest BCUT2D eigenvalue weighted by Gasteiger charge is -2.12. The molecule has 7 heteroatoms. The first-order chi connectivity index (χ1) is 12.3. The summed E-state index contributed by atoms with van der Waals surface area (Å²) >= 11 is 0. The van der Waals surface area contributed by atoms with Crippen LogP contribution in [0.1, 0.15) is 28.4 Å². The molecule has 3 aromatic rings. The Hall–Kier alpha value is -3.48. The maximum absolute atomic E-state index is 13.0. The standard InChI is InChI=1S/C19H15FN2O4/c1-10(23)22-16-8-15(19(25)26)18(24)17-14(16)7-12(9-21-17)6-11-2-4-13(20)5-3-11/h2-5,7-9,24H,6H2,1H3,(H,22,23)(H,25,26). The van der Waals surface area contributed by atoms with Crippen molar-refractivity contribution < 1.29 is 24.2 Å². The van der Waals surface area contributed by atoms with Crippen LogP contribution in [-0.4, -0.2) is 27.1 Å². The van der Waals surface area contributed by atoms with Crippen molar-refractivity contribution in [2.24, 2.45) is 0 Å². The van der Waals surface area contributed by atoms with Gasteiger partial charge in [0.15, 0.2) is 5.75 Å². The first kappa shape index (κ1) is 17.3. The van der Waals surface area contributed by atoms with E-state index in [0.717, 1.165) is 11.1 Å². The zero-order valence-corrected chi connectivity index (χ0v) is 13.8. The Balaban J connectivity index is 2.12. The molecule has 0 aliphatic heterocycles. The zero-order valence-electron chi connectivity index (χ0n) is 13.8. The van der Waals surface area contributed by atoms with Gasteiger partial charge in [0, 0.05) is 18.5 Å². The van der Waals surface area contributed by atoms with Gasteiger partial charge in [-0.25, -0.2) is 9.18 Å². The molecule has 3 rings (SSSR count). The zero-order chi connectivity index (χ0) is 18.8. The average molecular weight is 354 g/mol. The molecule has 0 fully saturated rings. The number of fused-ring (bicyclic) bond motifs is 1. The summed E-state index contributed by atoms with van der Waals surface area (Å²) in [6, 6.07) is 8.93. The number of hydrogen-bond donors (Lipinski definition) is 3. The molecule has 1 aromatic heterocycles.